The highest BCUT2D eigenvalue weighted by Crippen LogP contribution is 2.33. The molecule has 42 heavy (non-hydrogen) atoms. The first-order chi connectivity index (χ1) is 20.1. The lowest BCUT2D eigenvalue weighted by molar-refractivity contribution is -0.179. The average Bonchev–Trinajstić information content (AvgIpc) is 2.96. The number of carbonyl (C=O) groups is 4. The van der Waals surface area contributed by atoms with Crippen molar-refractivity contribution in [3.63, 3.8) is 0 Å². The number of unbranched alkanes of at least 4 members (excludes halogenated alkanes) is 1. The number of methoxy groups -OCH3 is 2. The van der Waals surface area contributed by atoms with Crippen molar-refractivity contribution in [1.29, 1.82) is 0 Å². The topological polar surface area (TPSA) is 205 Å². The van der Waals surface area contributed by atoms with E-state index in [1.807, 2.05) is 0 Å². The van der Waals surface area contributed by atoms with Gasteiger partial charge in [-0.1, -0.05) is 12.1 Å². The molecule has 2 N–H and O–H groups in total. The number of rotatable bonds is 12. The second-order valence-corrected chi connectivity index (χ2v) is 8.35. The number of nitrogens with zero attached hydrogens (tertiary/aromatic N) is 2. The summed E-state index contributed by atoms with van der Waals surface area (Å²) in [5, 5.41) is -0.0159. The summed E-state index contributed by atoms with van der Waals surface area (Å²) in [7, 11) is 3.36. The maximum Gasteiger partial charge on any atom is 0.513 e. The molecular formula is C26H27N3O13. The Morgan fingerprint density at radius 2 is 1.57 bits per heavy atom. The summed E-state index contributed by atoms with van der Waals surface area (Å²) in [5.74, 6) is -3.17. The predicted octanol–water partition coefficient (Wildman–Crippen LogP) is 1.59. The number of fused-ring (bicyclic) bond motifs is 1. The quantitative estimate of drug-likeness (QED) is 0.105. The van der Waals surface area contributed by atoms with Gasteiger partial charge in [-0.25, -0.2) is 19.0 Å². The van der Waals surface area contributed by atoms with Crippen LogP contribution < -0.4 is 31.4 Å². The summed E-state index contributed by atoms with van der Waals surface area (Å²) < 4.78 is 25.0. The van der Waals surface area contributed by atoms with Crippen LogP contribution in [0.1, 0.15) is 23.2 Å². The van der Waals surface area contributed by atoms with Crippen LogP contribution in [0.15, 0.2) is 50.4 Å². The van der Waals surface area contributed by atoms with Crippen molar-refractivity contribution < 1.29 is 52.3 Å². The standard InChI is InChI=1S/C26H27N3O13/c1-36-25(34)39-17-10-6-9-16-20(17)40-24(33)29(23(16)32)13-5-4-12-28(14-19(27)30)22(31)15-8-7-11-18(42-38-3)21(15)41-26(35)37-2/h6-11H,4-5,12-14H2,1-3H3,(H2,27,30). The third kappa shape index (κ3) is 7.42. The summed E-state index contributed by atoms with van der Waals surface area (Å²) in [4.78, 5) is 84.7. The van der Waals surface area contributed by atoms with Crippen molar-refractivity contribution in [2.45, 2.75) is 19.4 Å². The zero-order valence-corrected chi connectivity index (χ0v) is 22.8. The summed E-state index contributed by atoms with van der Waals surface area (Å²) in [6.45, 7) is -0.641. The molecule has 0 fully saturated rings. The first kappa shape index (κ1) is 31.2. The maximum absolute atomic E-state index is 13.4. The van der Waals surface area contributed by atoms with Gasteiger partial charge in [0, 0.05) is 13.1 Å². The van der Waals surface area contributed by atoms with Crippen molar-refractivity contribution in [3.05, 3.63) is 62.9 Å². The Hall–Kier alpha value is -5.38. The minimum Gasteiger partial charge on any atom is -0.437 e. The van der Waals surface area contributed by atoms with Crippen molar-refractivity contribution in [3.8, 4) is 17.2 Å². The Labute approximate surface area is 236 Å². The fourth-order valence-electron chi connectivity index (χ4n) is 3.82. The monoisotopic (exact) mass is 589 g/mol. The Bertz CT molecular complexity index is 1590. The van der Waals surface area contributed by atoms with Gasteiger partial charge in [0.05, 0.1) is 38.8 Å². The molecule has 224 valence electrons. The van der Waals surface area contributed by atoms with Crippen LogP contribution in [0.25, 0.3) is 11.0 Å². The zero-order chi connectivity index (χ0) is 30.8. The number of hydrogen-bond acceptors (Lipinski definition) is 13. The number of carbonyl (C=O) groups excluding carboxylic acids is 4. The minimum atomic E-state index is -1.14. The first-order valence-electron chi connectivity index (χ1n) is 12.2. The molecule has 0 aliphatic heterocycles. The fraction of sp³-hybridized carbons (Fsp3) is 0.308. The number of ether oxygens (including phenoxy) is 4. The lowest BCUT2D eigenvalue weighted by Crippen LogP contribution is -2.39. The maximum atomic E-state index is 13.4. The van der Waals surface area contributed by atoms with E-state index in [0.717, 1.165) is 23.7 Å². The van der Waals surface area contributed by atoms with E-state index < -0.39 is 42.0 Å². The van der Waals surface area contributed by atoms with Crippen molar-refractivity contribution in [2.24, 2.45) is 5.73 Å². The summed E-state index contributed by atoms with van der Waals surface area (Å²) in [6, 6.07) is 8.29. The highest BCUT2D eigenvalue weighted by Gasteiger charge is 2.26. The van der Waals surface area contributed by atoms with Crippen LogP contribution in [0, 0.1) is 0 Å². The minimum absolute atomic E-state index is 0.0159. The van der Waals surface area contributed by atoms with Gasteiger partial charge in [0.1, 0.15) is 0 Å². The third-order valence-electron chi connectivity index (χ3n) is 5.65. The van der Waals surface area contributed by atoms with E-state index in [9.17, 15) is 28.8 Å². The largest absolute Gasteiger partial charge is 0.513 e. The molecule has 1 heterocycles. The van der Waals surface area contributed by atoms with Gasteiger partial charge in [0.25, 0.3) is 11.5 Å². The molecule has 2 aromatic carbocycles. The summed E-state index contributed by atoms with van der Waals surface area (Å²) >= 11 is 0. The molecular weight excluding hydrogens is 562 g/mol. The van der Waals surface area contributed by atoms with Crippen LogP contribution in [0.5, 0.6) is 17.2 Å². The van der Waals surface area contributed by atoms with Gasteiger partial charge >= 0.3 is 18.1 Å². The van der Waals surface area contributed by atoms with Gasteiger partial charge < -0.3 is 38.9 Å². The van der Waals surface area contributed by atoms with Gasteiger partial charge in [0.15, 0.2) is 17.1 Å². The third-order valence-corrected chi connectivity index (χ3v) is 5.65. The second-order valence-electron chi connectivity index (χ2n) is 8.35. The number of aromatic nitrogens is 1. The predicted molar refractivity (Wildman–Crippen MR) is 141 cm³/mol. The molecule has 0 radical (unpaired) electrons. The molecule has 2 amide bonds. The zero-order valence-electron chi connectivity index (χ0n) is 22.8. The molecule has 0 spiro atoms. The number of nitrogens with two attached hydrogens (primary N) is 1. The molecule has 0 saturated heterocycles. The van der Waals surface area contributed by atoms with E-state index >= 15 is 0 Å². The SMILES string of the molecule is COOc1cccc(C(=O)N(CCCCn2c(=O)oc3c(OC(=O)OC)cccc3c2=O)CC(N)=O)c1OC(=O)OC. The molecule has 0 bridgehead atoms. The number of para-hydroxylation sites is 2. The molecule has 16 heteroatoms. The van der Waals surface area contributed by atoms with Crippen LogP contribution in [-0.4, -0.2) is 68.0 Å². The molecule has 0 atom stereocenters. The van der Waals surface area contributed by atoms with Crippen LogP contribution in [-0.2, 0) is 25.7 Å². The fourth-order valence-corrected chi connectivity index (χ4v) is 3.82. The van der Waals surface area contributed by atoms with Crippen LogP contribution in [0.4, 0.5) is 9.59 Å². The Kier molecular flexibility index (Phi) is 10.6. The van der Waals surface area contributed by atoms with Crippen molar-refractivity contribution >= 4 is 35.1 Å². The Morgan fingerprint density at radius 1 is 0.905 bits per heavy atom. The van der Waals surface area contributed by atoms with Gasteiger partial charge in [0.2, 0.25) is 11.7 Å². The van der Waals surface area contributed by atoms with E-state index in [1.165, 1.54) is 43.5 Å². The molecule has 0 saturated carbocycles. The first-order valence-corrected chi connectivity index (χ1v) is 12.2. The Balaban J connectivity index is 1.80. The van der Waals surface area contributed by atoms with E-state index in [0.29, 0.717) is 0 Å². The number of primary amides is 1. The second kappa shape index (κ2) is 14.3. The molecule has 16 nitrogen and oxygen atoms in total. The molecule has 0 unspecified atom stereocenters. The normalized spacial score (nSPS) is 10.5. The van der Waals surface area contributed by atoms with Gasteiger partial charge in [-0.05, 0) is 37.1 Å². The molecule has 3 rings (SSSR count). The van der Waals surface area contributed by atoms with E-state index in [4.69, 9.17) is 24.5 Å². The van der Waals surface area contributed by atoms with E-state index in [1.54, 1.807) is 0 Å². The summed E-state index contributed by atoms with van der Waals surface area (Å²) in [5.41, 5.74) is 4.27. The van der Waals surface area contributed by atoms with Gasteiger partial charge in [-0.15, -0.1) is 0 Å². The molecule has 1 aromatic heterocycles. The lowest BCUT2D eigenvalue weighted by atomic mass is 10.1. The molecule has 0 aliphatic rings. The number of hydrogen-bond donors (Lipinski definition) is 1. The van der Waals surface area contributed by atoms with Crippen molar-refractivity contribution in [2.75, 3.05) is 34.4 Å². The van der Waals surface area contributed by atoms with E-state index in [2.05, 4.69) is 14.4 Å². The molecule has 3 aromatic rings. The van der Waals surface area contributed by atoms with Gasteiger partial charge in [-0.3, -0.25) is 14.4 Å². The number of amides is 2. The average molecular weight is 590 g/mol. The molecule has 0 aliphatic carbocycles. The smallest absolute Gasteiger partial charge is 0.437 e. The number of benzene rings is 2. The van der Waals surface area contributed by atoms with Crippen molar-refractivity contribution in [1.82, 2.24) is 9.47 Å². The van der Waals surface area contributed by atoms with E-state index in [-0.39, 0.29) is 59.7 Å². The highest BCUT2D eigenvalue weighted by atomic mass is 17.2. The van der Waals surface area contributed by atoms with Crippen LogP contribution >= 0.6 is 0 Å². The Morgan fingerprint density at radius 3 is 2.24 bits per heavy atom. The van der Waals surface area contributed by atoms with Crippen LogP contribution in [0.2, 0.25) is 0 Å². The highest BCUT2D eigenvalue weighted by molar-refractivity contribution is 6.00. The lowest BCUT2D eigenvalue weighted by Gasteiger charge is -2.22. The van der Waals surface area contributed by atoms with Gasteiger partial charge in [-0.2, -0.15) is 4.89 Å². The summed E-state index contributed by atoms with van der Waals surface area (Å²) in [6.07, 6.45) is -1.81. The van der Waals surface area contributed by atoms with Crippen LogP contribution in [0.3, 0.4) is 0 Å².